The number of nitrogens with two attached hydrogens (primary N) is 1. The topological polar surface area (TPSA) is 87.6 Å². The zero-order valence-electron chi connectivity index (χ0n) is 15.3. The lowest BCUT2D eigenvalue weighted by molar-refractivity contribution is 0.415. The molecule has 0 radical (unpaired) electrons. The van der Waals surface area contributed by atoms with Crippen molar-refractivity contribution in [2.45, 2.75) is 6.92 Å². The Bertz CT molecular complexity index is 1140. The molecular weight excluding hydrogens is 342 g/mol. The van der Waals surface area contributed by atoms with Crippen LogP contribution in [-0.2, 0) is 0 Å². The highest BCUT2D eigenvalue weighted by atomic mass is 16.5. The van der Waals surface area contributed by atoms with Crippen molar-refractivity contribution in [3.63, 3.8) is 0 Å². The molecule has 0 saturated carbocycles. The standard InChI is InChI=1S/C20H19N5O2/c1-12-4-6-14(18(10-12)27-3)20-23-22-19-9-7-16(24-25(19)20)13-5-8-17(26-2)15(21)11-13/h4-11H,21H2,1-3H3. The highest BCUT2D eigenvalue weighted by Gasteiger charge is 2.15. The van der Waals surface area contributed by atoms with Crippen LogP contribution >= 0.6 is 0 Å². The number of aromatic nitrogens is 4. The molecule has 2 N–H and O–H groups in total. The number of nitrogens with zero attached hydrogens (tertiary/aromatic N) is 4. The molecule has 2 aromatic carbocycles. The van der Waals surface area contributed by atoms with Crippen LogP contribution in [0.1, 0.15) is 5.56 Å². The Morgan fingerprint density at radius 3 is 2.44 bits per heavy atom. The van der Waals surface area contributed by atoms with E-state index >= 15 is 0 Å². The fourth-order valence-corrected chi connectivity index (χ4v) is 2.99. The number of fused-ring (bicyclic) bond motifs is 1. The second-order valence-electron chi connectivity index (χ2n) is 6.17. The van der Waals surface area contributed by atoms with Crippen LogP contribution in [0.15, 0.2) is 48.5 Å². The van der Waals surface area contributed by atoms with Crippen LogP contribution in [0.5, 0.6) is 11.5 Å². The maximum atomic E-state index is 6.03. The molecule has 136 valence electrons. The maximum Gasteiger partial charge on any atom is 0.189 e. The van der Waals surface area contributed by atoms with Crippen molar-refractivity contribution in [3.05, 3.63) is 54.1 Å². The SMILES string of the molecule is COc1ccc(-c2ccc3nnc(-c4ccc(C)cc4OC)n3n2)cc1N. The van der Waals surface area contributed by atoms with Gasteiger partial charge in [-0.25, -0.2) is 0 Å². The Kier molecular flexibility index (Phi) is 4.12. The molecule has 4 aromatic rings. The van der Waals surface area contributed by atoms with E-state index in [9.17, 15) is 0 Å². The number of hydrogen-bond acceptors (Lipinski definition) is 6. The second-order valence-corrected chi connectivity index (χ2v) is 6.17. The molecule has 27 heavy (non-hydrogen) atoms. The van der Waals surface area contributed by atoms with Crippen molar-refractivity contribution in [2.24, 2.45) is 0 Å². The highest BCUT2D eigenvalue weighted by Crippen LogP contribution is 2.31. The summed E-state index contributed by atoms with van der Waals surface area (Å²) >= 11 is 0. The molecule has 0 saturated heterocycles. The molecule has 0 fully saturated rings. The van der Waals surface area contributed by atoms with Gasteiger partial charge in [0.15, 0.2) is 11.5 Å². The summed E-state index contributed by atoms with van der Waals surface area (Å²) in [4.78, 5) is 0. The van der Waals surface area contributed by atoms with Gasteiger partial charge < -0.3 is 15.2 Å². The normalized spacial score (nSPS) is 10.9. The van der Waals surface area contributed by atoms with E-state index in [1.54, 1.807) is 18.7 Å². The molecule has 0 aliphatic heterocycles. The lowest BCUT2D eigenvalue weighted by atomic mass is 10.1. The first-order chi connectivity index (χ1) is 13.1. The van der Waals surface area contributed by atoms with Crippen molar-refractivity contribution in [1.82, 2.24) is 19.8 Å². The summed E-state index contributed by atoms with van der Waals surface area (Å²) in [5.41, 5.74) is 10.8. The van der Waals surface area contributed by atoms with Crippen molar-refractivity contribution in [1.29, 1.82) is 0 Å². The van der Waals surface area contributed by atoms with Gasteiger partial charge in [-0.2, -0.15) is 9.61 Å². The number of benzene rings is 2. The molecule has 7 nitrogen and oxygen atoms in total. The van der Waals surface area contributed by atoms with Gasteiger partial charge in [0.25, 0.3) is 0 Å². The third-order valence-corrected chi connectivity index (χ3v) is 4.39. The summed E-state index contributed by atoms with van der Waals surface area (Å²) < 4.78 is 12.4. The molecule has 0 amide bonds. The van der Waals surface area contributed by atoms with Gasteiger partial charge in [-0.05, 0) is 55.0 Å². The van der Waals surface area contributed by atoms with E-state index in [2.05, 4.69) is 10.2 Å². The Morgan fingerprint density at radius 2 is 1.70 bits per heavy atom. The Hall–Kier alpha value is -3.61. The minimum atomic E-state index is 0.557. The minimum absolute atomic E-state index is 0.557. The monoisotopic (exact) mass is 361 g/mol. The molecule has 0 bridgehead atoms. The Morgan fingerprint density at radius 1 is 0.889 bits per heavy atom. The van der Waals surface area contributed by atoms with Crippen LogP contribution in [-0.4, -0.2) is 34.0 Å². The first-order valence-corrected chi connectivity index (χ1v) is 8.42. The quantitative estimate of drug-likeness (QED) is 0.561. The summed E-state index contributed by atoms with van der Waals surface area (Å²) in [6, 6.07) is 15.3. The summed E-state index contributed by atoms with van der Waals surface area (Å²) in [5, 5.41) is 13.2. The smallest absolute Gasteiger partial charge is 0.189 e. The Balaban J connectivity index is 1.86. The lowest BCUT2D eigenvalue weighted by Crippen LogP contribution is -1.99. The molecule has 4 rings (SSSR count). The first kappa shape index (κ1) is 16.8. The van der Waals surface area contributed by atoms with E-state index in [0.29, 0.717) is 22.9 Å². The number of rotatable bonds is 4. The zero-order chi connectivity index (χ0) is 19.0. The number of methoxy groups -OCH3 is 2. The predicted octanol–water partition coefficient (Wildman–Crippen LogP) is 3.37. The van der Waals surface area contributed by atoms with Gasteiger partial charge >= 0.3 is 0 Å². The van der Waals surface area contributed by atoms with Crippen molar-refractivity contribution in [2.75, 3.05) is 20.0 Å². The van der Waals surface area contributed by atoms with Crippen molar-refractivity contribution < 1.29 is 9.47 Å². The average Bonchev–Trinajstić information content (AvgIpc) is 3.10. The first-order valence-electron chi connectivity index (χ1n) is 8.42. The van der Waals surface area contributed by atoms with Crippen LogP contribution in [0, 0.1) is 6.92 Å². The molecule has 0 aliphatic rings. The van der Waals surface area contributed by atoms with Gasteiger partial charge in [-0.1, -0.05) is 6.07 Å². The Labute approximate surface area is 156 Å². The minimum Gasteiger partial charge on any atom is -0.496 e. The van der Waals surface area contributed by atoms with Gasteiger partial charge in [0, 0.05) is 5.56 Å². The number of hydrogen-bond donors (Lipinski definition) is 1. The molecular formula is C20H19N5O2. The second kappa shape index (κ2) is 6.60. The van der Waals surface area contributed by atoms with Crippen LogP contribution in [0.4, 0.5) is 5.69 Å². The predicted molar refractivity (Wildman–Crippen MR) is 104 cm³/mol. The van der Waals surface area contributed by atoms with Crippen LogP contribution in [0.2, 0.25) is 0 Å². The fraction of sp³-hybridized carbons (Fsp3) is 0.150. The molecule has 2 aromatic heterocycles. The molecule has 0 atom stereocenters. The van der Waals surface area contributed by atoms with Gasteiger partial charge in [-0.15, -0.1) is 10.2 Å². The van der Waals surface area contributed by atoms with Crippen LogP contribution < -0.4 is 15.2 Å². The fourth-order valence-electron chi connectivity index (χ4n) is 2.99. The third-order valence-electron chi connectivity index (χ3n) is 4.39. The third kappa shape index (κ3) is 2.93. The highest BCUT2D eigenvalue weighted by molar-refractivity contribution is 5.70. The molecule has 0 spiro atoms. The molecule has 0 aliphatic carbocycles. The van der Waals surface area contributed by atoms with Gasteiger partial charge in [0.2, 0.25) is 0 Å². The summed E-state index contributed by atoms with van der Waals surface area (Å²) in [6.45, 7) is 2.01. The van der Waals surface area contributed by atoms with Crippen LogP contribution in [0.25, 0.3) is 28.3 Å². The van der Waals surface area contributed by atoms with E-state index in [0.717, 1.165) is 28.1 Å². The van der Waals surface area contributed by atoms with E-state index in [1.807, 2.05) is 55.5 Å². The van der Waals surface area contributed by atoms with Gasteiger partial charge in [-0.3, -0.25) is 0 Å². The van der Waals surface area contributed by atoms with E-state index < -0.39 is 0 Å². The number of aryl methyl sites for hydroxylation is 1. The summed E-state index contributed by atoms with van der Waals surface area (Å²) in [6.07, 6.45) is 0. The maximum absolute atomic E-state index is 6.03. The average molecular weight is 361 g/mol. The summed E-state index contributed by atoms with van der Waals surface area (Å²) in [7, 11) is 3.23. The van der Waals surface area contributed by atoms with E-state index in [4.69, 9.17) is 20.3 Å². The molecule has 7 heteroatoms. The molecule has 0 unspecified atom stereocenters. The number of nitrogen functional groups attached to an aromatic ring is 1. The van der Waals surface area contributed by atoms with E-state index in [-0.39, 0.29) is 0 Å². The lowest BCUT2D eigenvalue weighted by Gasteiger charge is -2.09. The van der Waals surface area contributed by atoms with Gasteiger partial charge in [0.05, 0.1) is 31.2 Å². The summed E-state index contributed by atoms with van der Waals surface area (Å²) in [5.74, 6) is 1.98. The number of anilines is 1. The molecule has 2 heterocycles. The largest absolute Gasteiger partial charge is 0.496 e. The zero-order valence-corrected chi connectivity index (χ0v) is 15.3. The van der Waals surface area contributed by atoms with Gasteiger partial charge in [0.1, 0.15) is 11.5 Å². The van der Waals surface area contributed by atoms with Crippen molar-refractivity contribution >= 4 is 11.3 Å². The number of ether oxygens (including phenoxy) is 2. The van der Waals surface area contributed by atoms with Crippen LogP contribution in [0.3, 0.4) is 0 Å². The van der Waals surface area contributed by atoms with Crippen molar-refractivity contribution in [3.8, 4) is 34.1 Å². The van der Waals surface area contributed by atoms with E-state index in [1.165, 1.54) is 0 Å².